The van der Waals surface area contributed by atoms with Crippen LogP contribution >= 0.6 is 0 Å². The molecule has 6 heteroatoms. The average molecular weight is 297 g/mol. The van der Waals surface area contributed by atoms with Gasteiger partial charge in [-0.15, -0.1) is 0 Å². The van der Waals surface area contributed by atoms with Crippen molar-refractivity contribution in [1.29, 1.82) is 0 Å². The van der Waals surface area contributed by atoms with Crippen LogP contribution in [0.5, 0.6) is 0 Å². The highest BCUT2D eigenvalue weighted by Gasteiger charge is 2.27. The molecule has 1 saturated carbocycles. The van der Waals surface area contributed by atoms with Gasteiger partial charge >= 0.3 is 0 Å². The Labute approximate surface area is 121 Å². The van der Waals surface area contributed by atoms with Crippen LogP contribution in [-0.4, -0.2) is 21.0 Å². The molecule has 1 aliphatic carbocycles. The smallest absolute Gasteiger partial charge is 0.240 e. The van der Waals surface area contributed by atoms with Crippen molar-refractivity contribution in [3.63, 3.8) is 0 Å². The molecule has 0 atom stereocenters. The molecule has 112 valence electrons. The van der Waals surface area contributed by atoms with Gasteiger partial charge in [0.15, 0.2) is 0 Å². The summed E-state index contributed by atoms with van der Waals surface area (Å²) in [5.74, 6) is 0. The third-order valence-corrected chi connectivity index (χ3v) is 5.41. The highest BCUT2D eigenvalue weighted by Crippen LogP contribution is 2.33. The van der Waals surface area contributed by atoms with E-state index in [4.69, 9.17) is 5.73 Å². The van der Waals surface area contributed by atoms with Gasteiger partial charge in [0.2, 0.25) is 10.0 Å². The molecule has 0 unspecified atom stereocenters. The van der Waals surface area contributed by atoms with Gasteiger partial charge in [0.25, 0.3) is 0 Å². The van der Waals surface area contributed by atoms with Crippen molar-refractivity contribution >= 4 is 21.4 Å². The van der Waals surface area contributed by atoms with E-state index in [0.29, 0.717) is 5.69 Å². The second-order valence-electron chi connectivity index (χ2n) is 5.70. The van der Waals surface area contributed by atoms with Gasteiger partial charge in [-0.25, -0.2) is 13.1 Å². The highest BCUT2D eigenvalue weighted by atomic mass is 32.2. The molecule has 20 heavy (non-hydrogen) atoms. The minimum atomic E-state index is -3.44. The lowest BCUT2D eigenvalue weighted by Gasteiger charge is -2.36. The predicted molar refractivity (Wildman–Crippen MR) is 82.2 cm³/mol. The van der Waals surface area contributed by atoms with Crippen LogP contribution in [-0.2, 0) is 10.0 Å². The first-order valence-electron chi connectivity index (χ1n) is 6.98. The van der Waals surface area contributed by atoms with Gasteiger partial charge in [0.05, 0.1) is 16.3 Å². The van der Waals surface area contributed by atoms with E-state index in [1.807, 2.05) is 0 Å². The number of sulfonamides is 1. The molecule has 1 fully saturated rings. The molecule has 0 aliphatic heterocycles. The Bertz CT molecular complexity index is 578. The zero-order valence-electron chi connectivity index (χ0n) is 12.1. The summed E-state index contributed by atoms with van der Waals surface area (Å²) in [6.45, 7) is 2.20. The summed E-state index contributed by atoms with van der Waals surface area (Å²) in [5, 5.41) is 3.48. The van der Waals surface area contributed by atoms with Crippen molar-refractivity contribution in [2.75, 3.05) is 18.1 Å². The molecule has 1 aliphatic rings. The summed E-state index contributed by atoms with van der Waals surface area (Å²) in [6.07, 6.45) is 5.95. The number of hydrogen-bond donors (Lipinski definition) is 3. The molecule has 0 saturated heterocycles. The summed E-state index contributed by atoms with van der Waals surface area (Å²) < 4.78 is 25.8. The maximum atomic E-state index is 11.7. The molecule has 5 nitrogen and oxygen atoms in total. The second-order valence-corrected chi connectivity index (χ2v) is 7.59. The topological polar surface area (TPSA) is 84.2 Å². The van der Waals surface area contributed by atoms with E-state index in [1.165, 1.54) is 32.4 Å². The lowest BCUT2D eigenvalue weighted by Crippen LogP contribution is -2.37. The van der Waals surface area contributed by atoms with Gasteiger partial charge in [-0.05, 0) is 45.0 Å². The fraction of sp³-hybridized carbons (Fsp3) is 0.571. The van der Waals surface area contributed by atoms with Crippen molar-refractivity contribution in [2.24, 2.45) is 0 Å². The van der Waals surface area contributed by atoms with E-state index in [1.54, 1.807) is 12.1 Å². The van der Waals surface area contributed by atoms with Crippen molar-refractivity contribution in [3.8, 4) is 0 Å². The van der Waals surface area contributed by atoms with Crippen LogP contribution in [0.15, 0.2) is 23.1 Å². The molecule has 0 amide bonds. The van der Waals surface area contributed by atoms with Crippen LogP contribution < -0.4 is 15.8 Å². The summed E-state index contributed by atoms with van der Waals surface area (Å²) in [4.78, 5) is 0.192. The third kappa shape index (κ3) is 3.24. The molecule has 0 bridgehead atoms. The maximum absolute atomic E-state index is 11.7. The van der Waals surface area contributed by atoms with E-state index < -0.39 is 10.0 Å². The van der Waals surface area contributed by atoms with E-state index in [-0.39, 0.29) is 10.4 Å². The van der Waals surface area contributed by atoms with E-state index >= 15 is 0 Å². The molecule has 0 radical (unpaired) electrons. The number of hydrogen-bond acceptors (Lipinski definition) is 4. The first-order chi connectivity index (χ1) is 9.36. The number of benzene rings is 1. The fourth-order valence-corrected chi connectivity index (χ4v) is 3.49. The van der Waals surface area contributed by atoms with Crippen LogP contribution in [0.25, 0.3) is 0 Å². The van der Waals surface area contributed by atoms with E-state index in [9.17, 15) is 8.42 Å². The highest BCUT2D eigenvalue weighted by molar-refractivity contribution is 7.89. The minimum Gasteiger partial charge on any atom is -0.397 e. The van der Waals surface area contributed by atoms with Gasteiger partial charge in [0.1, 0.15) is 0 Å². The minimum absolute atomic E-state index is 0.0514. The Hall–Kier alpha value is -1.27. The molecule has 0 heterocycles. The number of rotatable bonds is 4. The number of nitrogens with two attached hydrogens (primary N) is 1. The van der Waals surface area contributed by atoms with Crippen LogP contribution in [0.1, 0.15) is 39.0 Å². The quantitative estimate of drug-likeness (QED) is 0.745. The summed E-state index contributed by atoms with van der Waals surface area (Å²) in [7, 11) is -2.05. The zero-order chi connectivity index (χ0) is 14.8. The largest absolute Gasteiger partial charge is 0.397 e. The third-order valence-electron chi connectivity index (χ3n) is 4.00. The van der Waals surface area contributed by atoms with Crippen molar-refractivity contribution in [3.05, 3.63) is 18.2 Å². The number of anilines is 2. The Morgan fingerprint density at radius 1 is 1.20 bits per heavy atom. The molecular weight excluding hydrogens is 274 g/mol. The Balaban J connectivity index is 2.22. The maximum Gasteiger partial charge on any atom is 0.240 e. The molecule has 1 aromatic carbocycles. The number of nitrogens with one attached hydrogen (secondary N) is 2. The van der Waals surface area contributed by atoms with Gasteiger partial charge < -0.3 is 11.1 Å². The van der Waals surface area contributed by atoms with Crippen LogP contribution in [0.4, 0.5) is 11.4 Å². The predicted octanol–water partition coefficient (Wildman–Crippen LogP) is 2.31. The average Bonchev–Trinajstić information content (AvgIpc) is 2.41. The molecule has 2 rings (SSSR count). The first kappa shape index (κ1) is 15.1. The molecule has 0 aromatic heterocycles. The molecule has 1 aromatic rings. The van der Waals surface area contributed by atoms with E-state index in [0.717, 1.165) is 18.5 Å². The Morgan fingerprint density at radius 3 is 2.40 bits per heavy atom. The fourth-order valence-electron chi connectivity index (χ4n) is 2.72. The normalized spacial score (nSPS) is 18.7. The van der Waals surface area contributed by atoms with Gasteiger partial charge in [-0.1, -0.05) is 19.3 Å². The van der Waals surface area contributed by atoms with Gasteiger partial charge in [0, 0.05) is 5.54 Å². The number of nitrogen functional groups attached to an aromatic ring is 1. The summed E-state index contributed by atoms with van der Waals surface area (Å²) in [6, 6.07) is 4.83. The monoisotopic (exact) mass is 297 g/mol. The molecule has 0 spiro atoms. The first-order valence-corrected chi connectivity index (χ1v) is 8.46. The Kier molecular flexibility index (Phi) is 4.25. The van der Waals surface area contributed by atoms with Crippen molar-refractivity contribution in [1.82, 2.24) is 4.72 Å². The molecular formula is C14H23N3O2S. The van der Waals surface area contributed by atoms with Gasteiger partial charge in [-0.3, -0.25) is 0 Å². The summed E-state index contributed by atoms with van der Waals surface area (Å²) >= 11 is 0. The SMILES string of the molecule is CNS(=O)(=O)c1ccc(NC2(C)CCCCC2)c(N)c1. The molecule has 4 N–H and O–H groups in total. The van der Waals surface area contributed by atoms with Crippen LogP contribution in [0.3, 0.4) is 0 Å². The second kappa shape index (κ2) is 5.61. The van der Waals surface area contributed by atoms with E-state index in [2.05, 4.69) is 17.0 Å². The van der Waals surface area contributed by atoms with Gasteiger partial charge in [-0.2, -0.15) is 0 Å². The summed E-state index contributed by atoms with van der Waals surface area (Å²) in [5.41, 5.74) is 7.32. The van der Waals surface area contributed by atoms with Crippen LogP contribution in [0.2, 0.25) is 0 Å². The lowest BCUT2D eigenvalue weighted by atomic mass is 9.83. The van der Waals surface area contributed by atoms with Crippen molar-refractivity contribution in [2.45, 2.75) is 49.5 Å². The lowest BCUT2D eigenvalue weighted by molar-refractivity contribution is 0.349. The standard InChI is InChI=1S/C14H23N3O2S/c1-14(8-4-3-5-9-14)17-13-7-6-11(10-12(13)15)20(18,19)16-2/h6-7,10,16-17H,3-5,8-9,15H2,1-2H3. The van der Waals surface area contributed by atoms with Crippen LogP contribution in [0, 0.1) is 0 Å². The van der Waals surface area contributed by atoms with Crippen molar-refractivity contribution < 1.29 is 8.42 Å². The zero-order valence-corrected chi connectivity index (χ0v) is 12.9. The Morgan fingerprint density at radius 2 is 1.85 bits per heavy atom.